The zero-order valence-electron chi connectivity index (χ0n) is 12.3. The van der Waals surface area contributed by atoms with Crippen molar-refractivity contribution in [1.82, 2.24) is 5.32 Å². The standard InChI is InChI=1S/C17H31N/c1-12(2)10-18-11-16-6-5-15(16)9-17-8-13-3-4-14(17)7-13/h12-18H,3-11H2,1-2H3. The Hall–Kier alpha value is -0.0400. The van der Waals surface area contributed by atoms with Crippen molar-refractivity contribution in [2.75, 3.05) is 13.1 Å². The summed E-state index contributed by atoms with van der Waals surface area (Å²) in [4.78, 5) is 0. The van der Waals surface area contributed by atoms with E-state index in [0.29, 0.717) is 0 Å². The summed E-state index contributed by atoms with van der Waals surface area (Å²) in [5.74, 6) is 6.30. The van der Waals surface area contributed by atoms with Gasteiger partial charge in [0.25, 0.3) is 0 Å². The third-order valence-corrected chi connectivity index (χ3v) is 6.02. The van der Waals surface area contributed by atoms with E-state index >= 15 is 0 Å². The first-order chi connectivity index (χ1) is 8.72. The molecule has 18 heavy (non-hydrogen) atoms. The van der Waals surface area contributed by atoms with Gasteiger partial charge in [0, 0.05) is 0 Å². The number of fused-ring (bicyclic) bond motifs is 2. The molecule has 0 aromatic rings. The van der Waals surface area contributed by atoms with Gasteiger partial charge in [0.15, 0.2) is 0 Å². The molecule has 0 amide bonds. The molecule has 0 aliphatic heterocycles. The minimum atomic E-state index is 0.800. The van der Waals surface area contributed by atoms with Crippen LogP contribution in [0.2, 0.25) is 0 Å². The van der Waals surface area contributed by atoms with Gasteiger partial charge in [-0.05, 0) is 87.1 Å². The molecular weight excluding hydrogens is 218 g/mol. The zero-order valence-corrected chi connectivity index (χ0v) is 12.3. The lowest BCUT2D eigenvalue weighted by Crippen LogP contribution is -2.37. The van der Waals surface area contributed by atoms with Crippen LogP contribution < -0.4 is 5.32 Å². The smallest absolute Gasteiger partial charge is 0.00178 e. The van der Waals surface area contributed by atoms with E-state index in [2.05, 4.69) is 19.2 Å². The maximum Gasteiger partial charge on any atom is -0.00178 e. The van der Waals surface area contributed by atoms with Crippen LogP contribution in [0.4, 0.5) is 0 Å². The summed E-state index contributed by atoms with van der Waals surface area (Å²) in [5.41, 5.74) is 0. The summed E-state index contributed by atoms with van der Waals surface area (Å²) in [5, 5.41) is 3.68. The Labute approximate surface area is 113 Å². The lowest BCUT2D eigenvalue weighted by molar-refractivity contribution is 0.119. The highest BCUT2D eigenvalue weighted by molar-refractivity contribution is 4.93. The van der Waals surface area contributed by atoms with Gasteiger partial charge >= 0.3 is 0 Å². The minimum absolute atomic E-state index is 0.800. The second-order valence-electron chi connectivity index (χ2n) is 7.82. The molecule has 2 bridgehead atoms. The molecule has 104 valence electrons. The average molecular weight is 249 g/mol. The lowest BCUT2D eigenvalue weighted by atomic mass is 9.67. The van der Waals surface area contributed by atoms with Crippen LogP contribution in [0.15, 0.2) is 0 Å². The summed E-state index contributed by atoms with van der Waals surface area (Å²) in [6.45, 7) is 7.11. The fourth-order valence-electron chi connectivity index (χ4n) is 4.83. The van der Waals surface area contributed by atoms with Gasteiger partial charge in [0.1, 0.15) is 0 Å². The highest BCUT2D eigenvalue weighted by Gasteiger charge is 2.42. The van der Waals surface area contributed by atoms with E-state index in [1.54, 1.807) is 32.1 Å². The quantitative estimate of drug-likeness (QED) is 0.748. The van der Waals surface area contributed by atoms with E-state index < -0.39 is 0 Å². The van der Waals surface area contributed by atoms with Crippen LogP contribution in [0.1, 0.15) is 58.8 Å². The molecule has 0 spiro atoms. The minimum Gasteiger partial charge on any atom is -0.316 e. The Morgan fingerprint density at radius 2 is 1.78 bits per heavy atom. The fraction of sp³-hybridized carbons (Fsp3) is 1.00. The van der Waals surface area contributed by atoms with Crippen molar-refractivity contribution in [1.29, 1.82) is 0 Å². The van der Waals surface area contributed by atoms with E-state index in [1.807, 2.05) is 0 Å². The number of hydrogen-bond acceptors (Lipinski definition) is 1. The number of nitrogens with one attached hydrogen (secondary N) is 1. The molecule has 3 fully saturated rings. The van der Waals surface area contributed by atoms with Crippen molar-refractivity contribution in [3.63, 3.8) is 0 Å². The lowest BCUT2D eigenvalue weighted by Gasteiger charge is -2.40. The highest BCUT2D eigenvalue weighted by atomic mass is 14.9. The molecule has 1 heteroatoms. The molecule has 1 nitrogen and oxygen atoms in total. The zero-order chi connectivity index (χ0) is 12.5. The van der Waals surface area contributed by atoms with Crippen LogP contribution in [-0.2, 0) is 0 Å². The first-order valence-electron chi connectivity index (χ1n) is 8.43. The van der Waals surface area contributed by atoms with Gasteiger partial charge in [-0.15, -0.1) is 0 Å². The first kappa shape index (κ1) is 13.0. The van der Waals surface area contributed by atoms with E-state index in [9.17, 15) is 0 Å². The first-order valence-corrected chi connectivity index (χ1v) is 8.43. The third kappa shape index (κ3) is 2.76. The summed E-state index contributed by atoms with van der Waals surface area (Å²) in [6, 6.07) is 0. The van der Waals surface area contributed by atoms with Crippen LogP contribution in [0, 0.1) is 35.5 Å². The molecular formula is C17H31N. The van der Waals surface area contributed by atoms with Crippen LogP contribution >= 0.6 is 0 Å². The Kier molecular flexibility index (Phi) is 3.98. The summed E-state index contributed by atoms with van der Waals surface area (Å²) < 4.78 is 0. The Morgan fingerprint density at radius 3 is 2.33 bits per heavy atom. The maximum absolute atomic E-state index is 3.68. The highest BCUT2D eigenvalue weighted by Crippen LogP contribution is 2.52. The van der Waals surface area contributed by atoms with E-state index in [1.165, 1.54) is 25.9 Å². The molecule has 0 radical (unpaired) electrons. The molecule has 5 atom stereocenters. The van der Waals surface area contributed by atoms with E-state index in [0.717, 1.165) is 35.5 Å². The van der Waals surface area contributed by atoms with Crippen LogP contribution in [0.25, 0.3) is 0 Å². The van der Waals surface area contributed by atoms with Gasteiger partial charge < -0.3 is 5.32 Å². The van der Waals surface area contributed by atoms with Crippen molar-refractivity contribution in [2.45, 2.75) is 58.8 Å². The molecule has 0 saturated heterocycles. The van der Waals surface area contributed by atoms with Crippen molar-refractivity contribution >= 4 is 0 Å². The van der Waals surface area contributed by atoms with Crippen LogP contribution in [0.3, 0.4) is 0 Å². The van der Waals surface area contributed by atoms with Crippen molar-refractivity contribution in [3.8, 4) is 0 Å². The molecule has 5 unspecified atom stereocenters. The molecule has 3 saturated carbocycles. The largest absolute Gasteiger partial charge is 0.316 e. The number of hydrogen-bond donors (Lipinski definition) is 1. The predicted molar refractivity (Wildman–Crippen MR) is 77.5 cm³/mol. The van der Waals surface area contributed by atoms with Crippen molar-refractivity contribution in [2.24, 2.45) is 35.5 Å². The van der Waals surface area contributed by atoms with E-state index in [4.69, 9.17) is 0 Å². The van der Waals surface area contributed by atoms with Gasteiger partial charge in [-0.3, -0.25) is 0 Å². The molecule has 0 heterocycles. The predicted octanol–water partition coefficient (Wildman–Crippen LogP) is 4.08. The monoisotopic (exact) mass is 249 g/mol. The normalized spacial score (nSPS) is 42.5. The molecule has 0 aromatic heterocycles. The fourth-order valence-corrected chi connectivity index (χ4v) is 4.83. The molecule has 1 N–H and O–H groups in total. The third-order valence-electron chi connectivity index (χ3n) is 6.02. The number of rotatable bonds is 6. The van der Waals surface area contributed by atoms with E-state index in [-0.39, 0.29) is 0 Å². The summed E-state index contributed by atoms with van der Waals surface area (Å²) >= 11 is 0. The molecule has 3 aliphatic carbocycles. The second-order valence-corrected chi connectivity index (χ2v) is 7.82. The van der Waals surface area contributed by atoms with Gasteiger partial charge in [0.05, 0.1) is 0 Å². The summed E-state index contributed by atoms with van der Waals surface area (Å²) in [6.07, 6.45) is 10.9. The van der Waals surface area contributed by atoms with Gasteiger partial charge in [-0.25, -0.2) is 0 Å². The Morgan fingerprint density at radius 1 is 0.944 bits per heavy atom. The average Bonchev–Trinajstić information content (AvgIpc) is 2.91. The molecule has 3 aliphatic rings. The van der Waals surface area contributed by atoms with Crippen molar-refractivity contribution in [3.05, 3.63) is 0 Å². The second kappa shape index (κ2) is 5.53. The maximum atomic E-state index is 3.68. The van der Waals surface area contributed by atoms with Gasteiger partial charge in [0.2, 0.25) is 0 Å². The Balaban J connectivity index is 1.38. The van der Waals surface area contributed by atoms with Gasteiger partial charge in [-0.2, -0.15) is 0 Å². The molecule has 0 aromatic carbocycles. The SMILES string of the molecule is CC(C)CNCC1CCC1CC1CC2CCC1C2. The van der Waals surface area contributed by atoms with Crippen molar-refractivity contribution < 1.29 is 0 Å². The Bertz CT molecular complexity index is 273. The summed E-state index contributed by atoms with van der Waals surface area (Å²) in [7, 11) is 0. The van der Waals surface area contributed by atoms with Crippen LogP contribution in [0.5, 0.6) is 0 Å². The van der Waals surface area contributed by atoms with Gasteiger partial charge in [-0.1, -0.05) is 20.3 Å². The van der Waals surface area contributed by atoms with Crippen LogP contribution in [-0.4, -0.2) is 13.1 Å². The topological polar surface area (TPSA) is 12.0 Å². The molecule has 3 rings (SSSR count).